The number of hydrogen-bond acceptors (Lipinski definition) is 6. The van der Waals surface area contributed by atoms with Crippen molar-refractivity contribution in [1.82, 2.24) is 29.0 Å². The van der Waals surface area contributed by atoms with Crippen molar-refractivity contribution in [3.63, 3.8) is 0 Å². The molecule has 0 N–H and O–H groups in total. The smallest absolute Gasteiger partial charge is 0.297 e. The number of carbonyl (C=O) groups is 1. The number of rotatable bonds is 3. The molecule has 0 spiro atoms. The fourth-order valence-electron chi connectivity index (χ4n) is 3.85. The van der Waals surface area contributed by atoms with Crippen molar-refractivity contribution in [3.8, 4) is 0 Å². The number of hydrogen-bond donors (Lipinski definition) is 0. The standard InChI is InChI=1S/C20H18FN7O2/c21-14-4-1-2-5-15(14)25-8-10-26(11-9-25)17(29)12-27-16-6-3-7-22-18(16)28-13-23-24-19(28)20(27)30/h1-7,13H,8-12H2. The summed E-state index contributed by atoms with van der Waals surface area (Å²) in [5.74, 6) is -0.455. The van der Waals surface area contributed by atoms with E-state index in [1.165, 1.54) is 21.4 Å². The minimum Gasteiger partial charge on any atom is -0.366 e. The van der Waals surface area contributed by atoms with Crippen molar-refractivity contribution in [3.05, 3.63) is 65.1 Å². The SMILES string of the molecule is O=C(Cn1c(=O)c2nncn2c2ncccc21)N1CCN(c2ccccc2F)CC1. The molecule has 0 saturated carbocycles. The van der Waals surface area contributed by atoms with E-state index < -0.39 is 5.56 Å². The van der Waals surface area contributed by atoms with Gasteiger partial charge in [0, 0.05) is 32.4 Å². The van der Waals surface area contributed by atoms with Crippen LogP contribution in [0.4, 0.5) is 10.1 Å². The van der Waals surface area contributed by atoms with Crippen molar-refractivity contribution in [2.45, 2.75) is 6.54 Å². The van der Waals surface area contributed by atoms with Crippen LogP contribution in [0, 0.1) is 5.82 Å². The van der Waals surface area contributed by atoms with Gasteiger partial charge < -0.3 is 9.80 Å². The van der Waals surface area contributed by atoms with Gasteiger partial charge in [-0.15, -0.1) is 10.2 Å². The molecule has 0 atom stereocenters. The largest absolute Gasteiger partial charge is 0.366 e. The first-order chi connectivity index (χ1) is 14.6. The molecule has 4 heterocycles. The Labute approximate surface area is 170 Å². The van der Waals surface area contributed by atoms with Crippen LogP contribution < -0.4 is 10.5 Å². The van der Waals surface area contributed by atoms with Gasteiger partial charge in [-0.2, -0.15) is 0 Å². The first-order valence-electron chi connectivity index (χ1n) is 9.58. The highest BCUT2D eigenvalue weighted by Crippen LogP contribution is 2.20. The van der Waals surface area contributed by atoms with Gasteiger partial charge >= 0.3 is 0 Å². The summed E-state index contributed by atoms with van der Waals surface area (Å²) < 4.78 is 16.9. The molecule has 152 valence electrons. The van der Waals surface area contributed by atoms with E-state index >= 15 is 0 Å². The Morgan fingerprint density at radius 2 is 1.83 bits per heavy atom. The Balaban J connectivity index is 1.39. The van der Waals surface area contributed by atoms with Crippen molar-refractivity contribution >= 4 is 28.4 Å². The number of carbonyl (C=O) groups excluding carboxylic acids is 1. The summed E-state index contributed by atoms with van der Waals surface area (Å²) in [5.41, 5.74) is 1.31. The average molecular weight is 407 g/mol. The number of pyridine rings is 1. The van der Waals surface area contributed by atoms with Crippen LogP contribution in [0.2, 0.25) is 0 Å². The summed E-state index contributed by atoms with van der Waals surface area (Å²) in [4.78, 5) is 33.8. The molecule has 0 unspecified atom stereocenters. The Hall–Kier alpha value is -3.82. The van der Waals surface area contributed by atoms with E-state index in [4.69, 9.17) is 0 Å². The minimum absolute atomic E-state index is 0.121. The van der Waals surface area contributed by atoms with E-state index in [1.807, 2.05) is 4.90 Å². The van der Waals surface area contributed by atoms with Gasteiger partial charge in [0.1, 0.15) is 18.7 Å². The maximum absolute atomic E-state index is 14.0. The number of piperazine rings is 1. The molecule has 10 heteroatoms. The first kappa shape index (κ1) is 18.2. The lowest BCUT2D eigenvalue weighted by Gasteiger charge is -2.36. The summed E-state index contributed by atoms with van der Waals surface area (Å²) in [6.45, 7) is 1.82. The third-order valence-corrected chi connectivity index (χ3v) is 5.39. The van der Waals surface area contributed by atoms with E-state index in [0.29, 0.717) is 43.0 Å². The summed E-state index contributed by atoms with van der Waals surface area (Å²) in [5, 5.41) is 7.67. The molecule has 3 aromatic heterocycles. The molecule has 1 aliphatic heterocycles. The second kappa shape index (κ2) is 7.21. The molecule has 9 nitrogen and oxygen atoms in total. The molecule has 1 aliphatic rings. The maximum Gasteiger partial charge on any atom is 0.297 e. The van der Waals surface area contributed by atoms with Gasteiger partial charge in [-0.1, -0.05) is 12.1 Å². The van der Waals surface area contributed by atoms with Crippen LogP contribution in [0.15, 0.2) is 53.7 Å². The van der Waals surface area contributed by atoms with E-state index in [0.717, 1.165) is 0 Å². The zero-order valence-electron chi connectivity index (χ0n) is 16.0. The van der Waals surface area contributed by atoms with Crippen molar-refractivity contribution < 1.29 is 9.18 Å². The summed E-state index contributed by atoms with van der Waals surface area (Å²) >= 11 is 0. The Kier molecular flexibility index (Phi) is 4.38. The van der Waals surface area contributed by atoms with Crippen LogP contribution in [0.1, 0.15) is 0 Å². The van der Waals surface area contributed by atoms with Crippen molar-refractivity contribution in [2.75, 3.05) is 31.1 Å². The minimum atomic E-state index is -0.397. The molecule has 0 aliphatic carbocycles. The van der Waals surface area contributed by atoms with Gasteiger partial charge in [0.05, 0.1) is 11.2 Å². The second-order valence-electron chi connectivity index (χ2n) is 7.08. The predicted molar refractivity (Wildman–Crippen MR) is 108 cm³/mol. The number of aromatic nitrogens is 5. The van der Waals surface area contributed by atoms with E-state index in [1.54, 1.807) is 41.4 Å². The number of fused-ring (bicyclic) bond motifs is 3. The van der Waals surface area contributed by atoms with E-state index in [9.17, 15) is 14.0 Å². The zero-order chi connectivity index (χ0) is 20.7. The van der Waals surface area contributed by atoms with Crippen LogP contribution in [0.25, 0.3) is 16.8 Å². The Bertz CT molecular complexity index is 1310. The van der Waals surface area contributed by atoms with Gasteiger partial charge in [0.25, 0.3) is 5.56 Å². The molecule has 4 aromatic rings. The van der Waals surface area contributed by atoms with Crippen molar-refractivity contribution in [1.29, 1.82) is 0 Å². The van der Waals surface area contributed by atoms with Crippen LogP contribution in [0.5, 0.6) is 0 Å². The van der Waals surface area contributed by atoms with Gasteiger partial charge in [0.15, 0.2) is 5.65 Å². The lowest BCUT2D eigenvalue weighted by Crippen LogP contribution is -2.50. The maximum atomic E-state index is 14.0. The fourth-order valence-corrected chi connectivity index (χ4v) is 3.85. The molecule has 1 fully saturated rings. The van der Waals surface area contributed by atoms with Crippen LogP contribution in [-0.2, 0) is 11.3 Å². The summed E-state index contributed by atoms with van der Waals surface area (Å²) in [6, 6.07) is 10.1. The predicted octanol–water partition coefficient (Wildman–Crippen LogP) is 0.927. The molecule has 0 bridgehead atoms. The third kappa shape index (κ3) is 2.97. The monoisotopic (exact) mass is 407 g/mol. The number of amides is 1. The summed E-state index contributed by atoms with van der Waals surface area (Å²) in [7, 11) is 0. The molecule has 5 rings (SSSR count). The molecule has 1 saturated heterocycles. The number of halogens is 1. The highest BCUT2D eigenvalue weighted by Gasteiger charge is 2.24. The third-order valence-electron chi connectivity index (χ3n) is 5.39. The average Bonchev–Trinajstić information content (AvgIpc) is 3.27. The quantitative estimate of drug-likeness (QED) is 0.502. The Morgan fingerprint density at radius 1 is 1.03 bits per heavy atom. The van der Waals surface area contributed by atoms with Gasteiger partial charge in [-0.05, 0) is 24.3 Å². The van der Waals surface area contributed by atoms with E-state index in [-0.39, 0.29) is 23.9 Å². The molecule has 1 amide bonds. The molecule has 1 aromatic carbocycles. The van der Waals surface area contributed by atoms with Gasteiger partial charge in [-0.3, -0.25) is 18.6 Å². The van der Waals surface area contributed by atoms with E-state index in [2.05, 4.69) is 15.2 Å². The topological polar surface area (TPSA) is 88.6 Å². The number of nitrogens with zero attached hydrogens (tertiary/aromatic N) is 7. The highest BCUT2D eigenvalue weighted by molar-refractivity contribution is 5.80. The lowest BCUT2D eigenvalue weighted by atomic mass is 10.2. The normalized spacial score (nSPS) is 14.6. The van der Waals surface area contributed by atoms with Crippen molar-refractivity contribution in [2.24, 2.45) is 0 Å². The summed E-state index contributed by atoms with van der Waals surface area (Å²) in [6.07, 6.45) is 3.04. The number of benzene rings is 1. The van der Waals surface area contributed by atoms with Crippen LogP contribution in [-0.4, -0.2) is 61.1 Å². The lowest BCUT2D eigenvalue weighted by molar-refractivity contribution is -0.132. The number of para-hydroxylation sites is 1. The first-order valence-corrected chi connectivity index (χ1v) is 9.58. The zero-order valence-corrected chi connectivity index (χ0v) is 16.0. The fraction of sp³-hybridized carbons (Fsp3) is 0.250. The molecular weight excluding hydrogens is 389 g/mol. The van der Waals surface area contributed by atoms with Gasteiger partial charge in [-0.25, -0.2) is 9.37 Å². The Morgan fingerprint density at radius 3 is 2.63 bits per heavy atom. The highest BCUT2D eigenvalue weighted by atomic mass is 19.1. The van der Waals surface area contributed by atoms with Crippen LogP contribution in [0.3, 0.4) is 0 Å². The molecule has 30 heavy (non-hydrogen) atoms. The molecular formula is C20H18FN7O2. The van der Waals surface area contributed by atoms with Crippen LogP contribution >= 0.6 is 0 Å². The second-order valence-corrected chi connectivity index (χ2v) is 7.08. The van der Waals surface area contributed by atoms with Gasteiger partial charge in [0.2, 0.25) is 11.6 Å². The number of anilines is 1. The molecule has 0 radical (unpaired) electrons.